The fourth-order valence-corrected chi connectivity index (χ4v) is 2.22. The lowest BCUT2D eigenvalue weighted by atomic mass is 10.2. The van der Waals surface area contributed by atoms with Crippen LogP contribution in [0, 0.1) is 6.92 Å². The van der Waals surface area contributed by atoms with Crippen LogP contribution < -0.4 is 11.1 Å². The molecule has 0 aliphatic rings. The average Bonchev–Trinajstić information content (AvgIpc) is 2.55. The van der Waals surface area contributed by atoms with E-state index in [1.165, 1.54) is 11.3 Å². The van der Waals surface area contributed by atoms with Gasteiger partial charge in [0.05, 0.1) is 18.3 Å². The van der Waals surface area contributed by atoms with Gasteiger partial charge in [-0.05, 0) is 27.7 Å². The number of aromatic nitrogens is 1. The number of aliphatic hydroxyl groups excluding tert-OH is 1. The first-order valence-electron chi connectivity index (χ1n) is 5.56. The van der Waals surface area contributed by atoms with Gasteiger partial charge < -0.3 is 15.6 Å². The fourth-order valence-electron chi connectivity index (χ4n) is 1.28. The summed E-state index contributed by atoms with van der Waals surface area (Å²) in [6, 6.07) is -0.475. The number of hydrogen-bond acceptors (Lipinski definition) is 6. The molecule has 1 heterocycles. The number of aliphatic hydroxyl groups is 1. The highest BCUT2D eigenvalue weighted by Gasteiger charge is 2.19. The molecule has 1 amide bonds. The summed E-state index contributed by atoms with van der Waals surface area (Å²) in [6.45, 7) is 6.98. The van der Waals surface area contributed by atoms with Gasteiger partial charge >= 0.3 is 6.09 Å². The van der Waals surface area contributed by atoms with E-state index in [4.69, 9.17) is 15.6 Å². The number of carbonyl (C=O) groups excluding carboxylic acids is 1. The highest BCUT2D eigenvalue weighted by atomic mass is 32.1. The van der Waals surface area contributed by atoms with Gasteiger partial charge in [-0.25, -0.2) is 9.78 Å². The predicted octanol–water partition coefficient (Wildman–Crippen LogP) is 1.79. The molecule has 0 aliphatic heterocycles. The van der Waals surface area contributed by atoms with Crippen molar-refractivity contribution in [2.24, 2.45) is 5.73 Å². The Morgan fingerprint density at radius 3 is 2.72 bits per heavy atom. The number of anilines is 1. The summed E-state index contributed by atoms with van der Waals surface area (Å²) in [7, 11) is 0. The summed E-state index contributed by atoms with van der Waals surface area (Å²) >= 11 is 1.24. The van der Waals surface area contributed by atoms with Crippen LogP contribution in [0.2, 0.25) is 0 Å². The average molecular weight is 273 g/mol. The lowest BCUT2D eigenvalue weighted by Gasteiger charge is -2.18. The number of amides is 1. The number of thiazole rings is 1. The molecule has 0 aromatic carbocycles. The molecule has 0 fully saturated rings. The molecule has 18 heavy (non-hydrogen) atoms. The van der Waals surface area contributed by atoms with Crippen LogP contribution in [-0.4, -0.2) is 28.4 Å². The van der Waals surface area contributed by atoms with Gasteiger partial charge in [-0.3, -0.25) is 5.32 Å². The molecule has 1 aromatic rings. The van der Waals surface area contributed by atoms with Gasteiger partial charge in [0.1, 0.15) is 5.60 Å². The van der Waals surface area contributed by atoms with E-state index >= 15 is 0 Å². The first-order chi connectivity index (χ1) is 8.23. The number of nitrogens with zero attached hydrogens (tertiary/aromatic N) is 1. The summed E-state index contributed by atoms with van der Waals surface area (Å²) < 4.78 is 5.11. The van der Waals surface area contributed by atoms with Crippen LogP contribution >= 0.6 is 11.3 Å². The van der Waals surface area contributed by atoms with Crippen molar-refractivity contribution in [3.63, 3.8) is 0 Å². The summed E-state index contributed by atoms with van der Waals surface area (Å²) in [4.78, 5) is 16.5. The highest BCUT2D eigenvalue weighted by molar-refractivity contribution is 7.16. The Morgan fingerprint density at radius 1 is 1.61 bits per heavy atom. The number of carbonyl (C=O) groups is 1. The minimum absolute atomic E-state index is 0.158. The molecular weight excluding hydrogens is 254 g/mol. The van der Waals surface area contributed by atoms with E-state index in [0.29, 0.717) is 10.8 Å². The number of aryl methyl sites for hydroxylation is 1. The molecule has 0 saturated carbocycles. The maximum Gasteiger partial charge on any atom is 0.413 e. The molecule has 6 nitrogen and oxygen atoms in total. The van der Waals surface area contributed by atoms with Gasteiger partial charge in [-0.1, -0.05) is 11.3 Å². The van der Waals surface area contributed by atoms with Crippen LogP contribution in [0.15, 0.2) is 0 Å². The second-order valence-electron chi connectivity index (χ2n) is 4.88. The number of rotatable bonds is 3. The van der Waals surface area contributed by atoms with Gasteiger partial charge in [-0.2, -0.15) is 0 Å². The Balaban J connectivity index is 2.72. The van der Waals surface area contributed by atoms with Crippen LogP contribution in [0.1, 0.15) is 37.4 Å². The summed E-state index contributed by atoms with van der Waals surface area (Å²) in [5.74, 6) is 0. The minimum atomic E-state index is -0.555. The Hall–Kier alpha value is -1.18. The van der Waals surface area contributed by atoms with Crippen molar-refractivity contribution >= 4 is 22.6 Å². The number of nitrogens with one attached hydrogen (secondary N) is 1. The van der Waals surface area contributed by atoms with E-state index in [9.17, 15) is 4.79 Å². The van der Waals surface area contributed by atoms with Crippen molar-refractivity contribution in [1.82, 2.24) is 4.98 Å². The zero-order chi connectivity index (χ0) is 13.9. The van der Waals surface area contributed by atoms with Gasteiger partial charge in [0.2, 0.25) is 0 Å². The molecule has 1 aromatic heterocycles. The van der Waals surface area contributed by atoms with Gasteiger partial charge in [-0.15, -0.1) is 0 Å². The van der Waals surface area contributed by atoms with Crippen LogP contribution in [0.5, 0.6) is 0 Å². The molecule has 7 heteroatoms. The molecular formula is C11H19N3O3S. The molecule has 102 valence electrons. The topological polar surface area (TPSA) is 97.5 Å². The second-order valence-corrected chi connectivity index (χ2v) is 5.92. The summed E-state index contributed by atoms with van der Waals surface area (Å²) in [5, 5.41) is 12.0. The minimum Gasteiger partial charge on any atom is -0.444 e. The van der Waals surface area contributed by atoms with Crippen LogP contribution in [0.4, 0.5) is 9.93 Å². The monoisotopic (exact) mass is 273 g/mol. The van der Waals surface area contributed by atoms with Crippen molar-refractivity contribution in [3.8, 4) is 0 Å². The SMILES string of the molecule is Cc1nc(NC(=O)OC(C)(C)C)sc1[C@H](N)CO. The Bertz CT molecular complexity index is 426. The molecule has 0 unspecified atom stereocenters. The lowest BCUT2D eigenvalue weighted by molar-refractivity contribution is 0.0636. The third kappa shape index (κ3) is 4.25. The Kier molecular flexibility index (Phi) is 4.66. The van der Waals surface area contributed by atoms with Crippen molar-refractivity contribution < 1.29 is 14.6 Å². The van der Waals surface area contributed by atoms with E-state index in [-0.39, 0.29) is 6.61 Å². The largest absolute Gasteiger partial charge is 0.444 e. The summed E-state index contributed by atoms with van der Waals surface area (Å²) in [5.41, 5.74) is 5.86. The van der Waals surface area contributed by atoms with E-state index < -0.39 is 17.7 Å². The first-order valence-corrected chi connectivity index (χ1v) is 6.38. The number of nitrogens with two attached hydrogens (primary N) is 1. The fraction of sp³-hybridized carbons (Fsp3) is 0.636. The maximum absolute atomic E-state index is 11.5. The van der Waals surface area contributed by atoms with E-state index in [1.807, 2.05) is 0 Å². The molecule has 0 radical (unpaired) electrons. The summed E-state index contributed by atoms with van der Waals surface area (Å²) in [6.07, 6.45) is -0.555. The quantitative estimate of drug-likeness (QED) is 0.780. The third-order valence-corrected chi connectivity index (χ3v) is 3.18. The smallest absolute Gasteiger partial charge is 0.413 e. The first kappa shape index (κ1) is 14.9. The highest BCUT2D eigenvalue weighted by Crippen LogP contribution is 2.27. The van der Waals surface area contributed by atoms with Crippen molar-refractivity contribution in [1.29, 1.82) is 0 Å². The molecule has 0 aliphatic carbocycles. The molecule has 0 saturated heterocycles. The molecule has 1 rings (SSSR count). The second kappa shape index (κ2) is 5.64. The van der Waals surface area contributed by atoms with Crippen molar-refractivity contribution in [3.05, 3.63) is 10.6 Å². The zero-order valence-corrected chi connectivity index (χ0v) is 11.8. The van der Waals surface area contributed by atoms with E-state index in [0.717, 1.165) is 4.88 Å². The van der Waals surface area contributed by atoms with Crippen molar-refractivity contribution in [2.45, 2.75) is 39.3 Å². The Morgan fingerprint density at radius 2 is 2.22 bits per heavy atom. The molecule has 1 atom stereocenters. The van der Waals surface area contributed by atoms with Gasteiger partial charge in [0.15, 0.2) is 5.13 Å². The zero-order valence-electron chi connectivity index (χ0n) is 11.0. The van der Waals surface area contributed by atoms with Gasteiger partial charge in [0.25, 0.3) is 0 Å². The Labute approximate surface area is 110 Å². The molecule has 0 bridgehead atoms. The third-order valence-electron chi connectivity index (χ3n) is 1.97. The van der Waals surface area contributed by atoms with Crippen LogP contribution in [0.25, 0.3) is 0 Å². The van der Waals surface area contributed by atoms with Crippen LogP contribution in [-0.2, 0) is 4.74 Å². The van der Waals surface area contributed by atoms with Crippen molar-refractivity contribution in [2.75, 3.05) is 11.9 Å². The standard InChI is InChI=1S/C11H19N3O3S/c1-6-8(7(12)5-15)18-9(13-6)14-10(16)17-11(2,3)4/h7,15H,5,12H2,1-4H3,(H,13,14,16)/t7-/m1/s1. The van der Waals surface area contributed by atoms with E-state index in [1.54, 1.807) is 27.7 Å². The number of ether oxygens (including phenoxy) is 1. The molecule has 0 spiro atoms. The normalized spacial score (nSPS) is 13.2. The molecule has 4 N–H and O–H groups in total. The lowest BCUT2D eigenvalue weighted by Crippen LogP contribution is -2.27. The van der Waals surface area contributed by atoms with E-state index in [2.05, 4.69) is 10.3 Å². The van der Waals surface area contributed by atoms with Gasteiger partial charge in [0, 0.05) is 4.88 Å². The maximum atomic E-state index is 11.5. The van der Waals surface area contributed by atoms with Crippen LogP contribution in [0.3, 0.4) is 0 Å². The number of hydrogen-bond donors (Lipinski definition) is 3. The predicted molar refractivity (Wildman–Crippen MR) is 70.7 cm³/mol.